The van der Waals surface area contributed by atoms with Gasteiger partial charge in [-0.2, -0.15) is 11.8 Å². The maximum Gasteiger partial charge on any atom is 0.248 e. The number of carbonyl (C=O) groups excluding carboxylic acids is 1. The number of nitrogens with one attached hydrogen (secondary N) is 1. The van der Waals surface area contributed by atoms with Crippen molar-refractivity contribution in [1.82, 2.24) is 4.90 Å². The average Bonchev–Trinajstić information content (AvgIpc) is 2.73. The highest BCUT2D eigenvalue weighted by Crippen LogP contribution is 2.23. The van der Waals surface area contributed by atoms with Gasteiger partial charge in [0.2, 0.25) is 5.91 Å². The predicted molar refractivity (Wildman–Crippen MR) is 116 cm³/mol. The molecule has 1 amide bonds. The first-order valence-electron chi connectivity index (χ1n) is 9.27. The van der Waals surface area contributed by atoms with Crippen LogP contribution in [0.5, 0.6) is 11.5 Å². The lowest BCUT2D eigenvalue weighted by atomic mass is 10.1. The van der Waals surface area contributed by atoms with Crippen molar-refractivity contribution in [3.63, 3.8) is 0 Å². The van der Waals surface area contributed by atoms with Crippen molar-refractivity contribution in [2.24, 2.45) is 0 Å². The predicted octanol–water partition coefficient (Wildman–Crippen LogP) is 3.90. The topological polar surface area (TPSA) is 50.8 Å². The van der Waals surface area contributed by atoms with Crippen molar-refractivity contribution in [3.05, 3.63) is 59.7 Å². The summed E-state index contributed by atoms with van der Waals surface area (Å²) in [5.74, 6) is 3.58. The lowest BCUT2D eigenvalue weighted by Gasteiger charge is -2.26. The maximum absolute atomic E-state index is 12.3. The molecule has 1 aliphatic rings. The Kier molecular flexibility index (Phi) is 7.39. The fourth-order valence-corrected chi connectivity index (χ4v) is 4.03. The Morgan fingerprint density at radius 1 is 1.11 bits per heavy atom. The number of ether oxygens (including phenoxy) is 2. The molecular weight excluding hydrogens is 372 g/mol. The van der Waals surface area contributed by atoms with E-state index in [1.807, 2.05) is 42.1 Å². The zero-order chi connectivity index (χ0) is 19.8. The summed E-state index contributed by atoms with van der Waals surface area (Å²) >= 11 is 2.01. The highest BCUT2D eigenvalue weighted by atomic mass is 32.2. The molecule has 1 saturated heterocycles. The van der Waals surface area contributed by atoms with E-state index in [9.17, 15) is 4.79 Å². The van der Waals surface area contributed by atoms with Gasteiger partial charge in [0.25, 0.3) is 0 Å². The third-order valence-corrected chi connectivity index (χ3v) is 5.45. The van der Waals surface area contributed by atoms with E-state index >= 15 is 0 Å². The zero-order valence-electron chi connectivity index (χ0n) is 16.3. The zero-order valence-corrected chi connectivity index (χ0v) is 17.1. The summed E-state index contributed by atoms with van der Waals surface area (Å²) in [6.07, 6.45) is 3.26. The molecule has 0 saturated carbocycles. The number of carbonyl (C=O) groups is 1. The van der Waals surface area contributed by atoms with Gasteiger partial charge in [-0.3, -0.25) is 9.69 Å². The van der Waals surface area contributed by atoms with Gasteiger partial charge in [-0.25, -0.2) is 0 Å². The van der Waals surface area contributed by atoms with Gasteiger partial charge in [0.05, 0.1) is 14.2 Å². The number of amides is 1. The second-order valence-corrected chi connectivity index (χ2v) is 7.78. The van der Waals surface area contributed by atoms with Crippen LogP contribution in [-0.2, 0) is 11.3 Å². The normalized spacial score (nSPS) is 14.8. The lowest BCUT2D eigenvalue weighted by molar-refractivity contribution is -0.111. The molecule has 1 heterocycles. The molecule has 0 atom stereocenters. The van der Waals surface area contributed by atoms with Crippen LogP contribution in [0.3, 0.4) is 0 Å². The fraction of sp³-hybridized carbons (Fsp3) is 0.318. The fourth-order valence-electron chi connectivity index (χ4n) is 3.05. The van der Waals surface area contributed by atoms with Crippen LogP contribution >= 0.6 is 11.8 Å². The van der Waals surface area contributed by atoms with Crippen LogP contribution in [0.25, 0.3) is 6.08 Å². The van der Waals surface area contributed by atoms with Gasteiger partial charge in [0.1, 0.15) is 11.5 Å². The van der Waals surface area contributed by atoms with E-state index < -0.39 is 0 Å². The molecule has 5 nitrogen and oxygen atoms in total. The molecule has 2 aromatic carbocycles. The summed E-state index contributed by atoms with van der Waals surface area (Å²) in [6.45, 7) is 3.16. The molecule has 2 aromatic rings. The van der Waals surface area contributed by atoms with E-state index in [0.717, 1.165) is 30.9 Å². The van der Waals surface area contributed by atoms with Crippen molar-refractivity contribution >= 4 is 29.4 Å². The standard InChI is InChI=1S/C22H26N2O3S/c1-26-20-13-17(14-21(15-20)27-2)6-7-22(25)23-19-5-3-4-18(12-19)16-24-8-10-28-11-9-24/h3-7,12-15H,8-11,16H2,1-2H3,(H,23,25)/b7-6+. The molecule has 0 aromatic heterocycles. The van der Waals surface area contributed by atoms with Crippen LogP contribution in [0.1, 0.15) is 11.1 Å². The highest BCUT2D eigenvalue weighted by molar-refractivity contribution is 7.99. The van der Waals surface area contributed by atoms with Crippen LogP contribution in [0.2, 0.25) is 0 Å². The van der Waals surface area contributed by atoms with Gasteiger partial charge in [0, 0.05) is 49.0 Å². The number of nitrogens with zero attached hydrogens (tertiary/aromatic N) is 1. The molecule has 1 N–H and O–H groups in total. The number of benzene rings is 2. The summed E-state index contributed by atoms with van der Waals surface area (Å²) < 4.78 is 10.5. The third-order valence-electron chi connectivity index (χ3n) is 4.51. The molecule has 0 unspecified atom stereocenters. The van der Waals surface area contributed by atoms with Gasteiger partial charge in [-0.15, -0.1) is 0 Å². The van der Waals surface area contributed by atoms with E-state index in [-0.39, 0.29) is 5.91 Å². The van der Waals surface area contributed by atoms with Crippen LogP contribution in [-0.4, -0.2) is 49.6 Å². The van der Waals surface area contributed by atoms with Crippen molar-refractivity contribution in [2.45, 2.75) is 6.54 Å². The van der Waals surface area contributed by atoms with Crippen molar-refractivity contribution < 1.29 is 14.3 Å². The minimum atomic E-state index is -0.173. The molecular formula is C22H26N2O3S. The second kappa shape index (κ2) is 10.2. The summed E-state index contributed by atoms with van der Waals surface area (Å²) in [5, 5.41) is 2.94. The maximum atomic E-state index is 12.3. The smallest absolute Gasteiger partial charge is 0.248 e. The third kappa shape index (κ3) is 6.04. The Hall–Kier alpha value is -2.44. The van der Waals surface area contributed by atoms with Gasteiger partial charge in [0.15, 0.2) is 0 Å². The second-order valence-electron chi connectivity index (χ2n) is 6.56. The average molecular weight is 399 g/mol. The largest absolute Gasteiger partial charge is 0.497 e. The van der Waals surface area contributed by atoms with E-state index in [4.69, 9.17) is 9.47 Å². The van der Waals surface area contributed by atoms with Gasteiger partial charge in [-0.05, 0) is 41.5 Å². The Labute approximate surface area is 170 Å². The van der Waals surface area contributed by atoms with Crippen LogP contribution in [0.4, 0.5) is 5.69 Å². The molecule has 6 heteroatoms. The quantitative estimate of drug-likeness (QED) is 0.717. The first-order valence-corrected chi connectivity index (χ1v) is 10.4. The number of hydrogen-bond acceptors (Lipinski definition) is 5. The van der Waals surface area contributed by atoms with Crippen molar-refractivity contribution in [2.75, 3.05) is 44.1 Å². The summed E-state index contributed by atoms with van der Waals surface area (Å²) in [4.78, 5) is 14.8. The Balaban J connectivity index is 1.61. The minimum Gasteiger partial charge on any atom is -0.497 e. The van der Waals surface area contributed by atoms with E-state index in [1.54, 1.807) is 26.4 Å². The summed E-state index contributed by atoms with van der Waals surface area (Å²) in [6, 6.07) is 13.5. The number of methoxy groups -OCH3 is 2. The highest BCUT2D eigenvalue weighted by Gasteiger charge is 2.11. The lowest BCUT2D eigenvalue weighted by Crippen LogP contribution is -2.31. The monoisotopic (exact) mass is 398 g/mol. The molecule has 3 rings (SSSR count). The Morgan fingerprint density at radius 3 is 2.50 bits per heavy atom. The number of thioether (sulfide) groups is 1. The molecule has 28 heavy (non-hydrogen) atoms. The van der Waals surface area contributed by atoms with E-state index in [1.165, 1.54) is 23.1 Å². The van der Waals surface area contributed by atoms with E-state index in [0.29, 0.717) is 11.5 Å². The Bertz CT molecular complexity index is 810. The van der Waals surface area contributed by atoms with Crippen molar-refractivity contribution in [3.8, 4) is 11.5 Å². The van der Waals surface area contributed by atoms with Crippen LogP contribution in [0, 0.1) is 0 Å². The molecule has 0 radical (unpaired) electrons. The Morgan fingerprint density at radius 2 is 1.82 bits per heavy atom. The molecule has 1 aliphatic heterocycles. The SMILES string of the molecule is COc1cc(/C=C/C(=O)Nc2cccc(CN3CCSCC3)c2)cc(OC)c1. The van der Waals surface area contributed by atoms with E-state index in [2.05, 4.69) is 16.3 Å². The first kappa shape index (κ1) is 20.3. The molecule has 1 fully saturated rings. The number of rotatable bonds is 7. The minimum absolute atomic E-state index is 0.173. The molecule has 148 valence electrons. The number of anilines is 1. The van der Waals surface area contributed by atoms with Gasteiger partial charge in [-0.1, -0.05) is 12.1 Å². The molecule has 0 spiro atoms. The van der Waals surface area contributed by atoms with Crippen LogP contribution < -0.4 is 14.8 Å². The first-order chi connectivity index (χ1) is 13.7. The van der Waals surface area contributed by atoms with Gasteiger partial charge >= 0.3 is 0 Å². The van der Waals surface area contributed by atoms with Crippen LogP contribution in [0.15, 0.2) is 48.5 Å². The van der Waals surface area contributed by atoms with Crippen molar-refractivity contribution in [1.29, 1.82) is 0 Å². The summed E-state index contributed by atoms with van der Waals surface area (Å²) in [5.41, 5.74) is 2.86. The molecule has 0 aliphatic carbocycles. The summed E-state index contributed by atoms with van der Waals surface area (Å²) in [7, 11) is 3.20. The molecule has 0 bridgehead atoms. The number of hydrogen-bond donors (Lipinski definition) is 1. The van der Waals surface area contributed by atoms with Gasteiger partial charge < -0.3 is 14.8 Å².